The molecular formula is C13H17FN4. The predicted octanol–water partition coefficient (Wildman–Crippen LogP) is 2.06. The van der Waals surface area contributed by atoms with Crippen molar-refractivity contribution in [3.05, 3.63) is 41.5 Å². The molecule has 96 valence electrons. The molecule has 4 nitrogen and oxygen atoms in total. The van der Waals surface area contributed by atoms with Crippen LogP contribution in [-0.4, -0.2) is 15.0 Å². The molecule has 0 saturated carbocycles. The largest absolute Gasteiger partial charge is 0.325 e. The third kappa shape index (κ3) is 2.56. The van der Waals surface area contributed by atoms with Gasteiger partial charge in [-0.25, -0.2) is 9.07 Å². The van der Waals surface area contributed by atoms with Crippen LogP contribution in [-0.2, 0) is 13.0 Å². The van der Waals surface area contributed by atoms with Crippen LogP contribution in [0.15, 0.2) is 24.3 Å². The van der Waals surface area contributed by atoms with E-state index in [9.17, 15) is 4.39 Å². The molecule has 0 radical (unpaired) electrons. The van der Waals surface area contributed by atoms with Gasteiger partial charge in [0.1, 0.15) is 5.82 Å². The summed E-state index contributed by atoms with van der Waals surface area (Å²) in [6.45, 7) is 4.57. The lowest BCUT2D eigenvalue weighted by Crippen LogP contribution is -2.09. The van der Waals surface area contributed by atoms with Crippen LogP contribution in [0.25, 0.3) is 5.69 Å². The summed E-state index contributed by atoms with van der Waals surface area (Å²) >= 11 is 0. The molecule has 2 N–H and O–H groups in total. The molecule has 0 bridgehead atoms. The summed E-state index contributed by atoms with van der Waals surface area (Å²) in [5, 5.41) is 8.13. The van der Waals surface area contributed by atoms with Crippen molar-refractivity contribution < 1.29 is 4.39 Å². The second kappa shape index (κ2) is 5.27. The van der Waals surface area contributed by atoms with E-state index in [4.69, 9.17) is 5.73 Å². The summed E-state index contributed by atoms with van der Waals surface area (Å²) in [5.74, 6) is 0.175. The highest BCUT2D eigenvalue weighted by molar-refractivity contribution is 5.34. The van der Waals surface area contributed by atoms with Crippen molar-refractivity contribution >= 4 is 0 Å². The molecule has 2 rings (SSSR count). The summed E-state index contributed by atoms with van der Waals surface area (Å²) in [5.41, 5.74) is 8.06. The second-order valence-electron chi connectivity index (χ2n) is 4.68. The minimum absolute atomic E-state index is 0.284. The minimum Gasteiger partial charge on any atom is -0.325 e. The Morgan fingerprint density at radius 2 is 2.17 bits per heavy atom. The van der Waals surface area contributed by atoms with Crippen molar-refractivity contribution in [1.29, 1.82) is 0 Å². The van der Waals surface area contributed by atoms with Gasteiger partial charge < -0.3 is 5.73 Å². The van der Waals surface area contributed by atoms with E-state index < -0.39 is 0 Å². The molecule has 0 unspecified atom stereocenters. The van der Waals surface area contributed by atoms with Gasteiger partial charge in [-0.3, -0.25) is 0 Å². The van der Waals surface area contributed by atoms with E-state index in [1.807, 2.05) is 6.07 Å². The van der Waals surface area contributed by atoms with E-state index in [0.717, 1.165) is 17.8 Å². The molecule has 18 heavy (non-hydrogen) atoms. The Balaban J connectivity index is 2.47. The first kappa shape index (κ1) is 12.7. The zero-order valence-electron chi connectivity index (χ0n) is 10.6. The van der Waals surface area contributed by atoms with Crippen LogP contribution in [0.5, 0.6) is 0 Å². The zero-order chi connectivity index (χ0) is 13.1. The Kier molecular flexibility index (Phi) is 3.72. The lowest BCUT2D eigenvalue weighted by Gasteiger charge is -2.09. The van der Waals surface area contributed by atoms with Crippen LogP contribution in [0, 0.1) is 11.7 Å². The predicted molar refractivity (Wildman–Crippen MR) is 67.8 cm³/mol. The number of nitrogens with two attached hydrogens (primary N) is 1. The fourth-order valence-corrected chi connectivity index (χ4v) is 1.90. The maximum atomic E-state index is 13.2. The monoisotopic (exact) mass is 248 g/mol. The van der Waals surface area contributed by atoms with E-state index in [0.29, 0.717) is 18.2 Å². The van der Waals surface area contributed by atoms with Gasteiger partial charge in [0.2, 0.25) is 0 Å². The topological polar surface area (TPSA) is 56.7 Å². The molecule has 2 aromatic rings. The second-order valence-corrected chi connectivity index (χ2v) is 4.68. The number of rotatable bonds is 4. The number of hydrogen-bond donors (Lipinski definition) is 1. The average Bonchev–Trinajstić information content (AvgIpc) is 2.71. The van der Waals surface area contributed by atoms with Gasteiger partial charge in [0.05, 0.1) is 17.1 Å². The first-order valence-electron chi connectivity index (χ1n) is 6.01. The molecule has 0 spiro atoms. The molecule has 0 amide bonds. The summed E-state index contributed by atoms with van der Waals surface area (Å²) in [6.07, 6.45) is 0.816. The van der Waals surface area contributed by atoms with E-state index in [2.05, 4.69) is 24.2 Å². The molecule has 0 saturated heterocycles. The molecular weight excluding hydrogens is 231 g/mol. The highest BCUT2D eigenvalue weighted by atomic mass is 19.1. The van der Waals surface area contributed by atoms with E-state index in [1.165, 1.54) is 12.1 Å². The van der Waals surface area contributed by atoms with Crippen LogP contribution >= 0.6 is 0 Å². The highest BCUT2D eigenvalue weighted by Crippen LogP contribution is 2.17. The van der Waals surface area contributed by atoms with Crippen molar-refractivity contribution in [2.45, 2.75) is 26.8 Å². The molecule has 1 heterocycles. The van der Waals surface area contributed by atoms with Crippen molar-refractivity contribution in [2.24, 2.45) is 11.7 Å². The molecule has 1 aromatic heterocycles. The third-order valence-electron chi connectivity index (χ3n) is 2.69. The first-order valence-corrected chi connectivity index (χ1v) is 6.01. The van der Waals surface area contributed by atoms with Crippen molar-refractivity contribution in [2.75, 3.05) is 0 Å². The van der Waals surface area contributed by atoms with E-state index in [1.54, 1.807) is 10.7 Å². The van der Waals surface area contributed by atoms with Gasteiger partial charge in [0.25, 0.3) is 0 Å². The van der Waals surface area contributed by atoms with E-state index in [-0.39, 0.29) is 5.82 Å². The number of aromatic nitrogens is 3. The Bertz CT molecular complexity index is 534. The Hall–Kier alpha value is -1.75. The number of benzene rings is 1. The van der Waals surface area contributed by atoms with Gasteiger partial charge in [-0.15, -0.1) is 5.10 Å². The van der Waals surface area contributed by atoms with Crippen molar-refractivity contribution in [3.8, 4) is 5.69 Å². The third-order valence-corrected chi connectivity index (χ3v) is 2.69. The van der Waals surface area contributed by atoms with Gasteiger partial charge in [0.15, 0.2) is 0 Å². The molecule has 0 aliphatic heterocycles. The highest BCUT2D eigenvalue weighted by Gasteiger charge is 2.14. The molecule has 1 aromatic carbocycles. The lowest BCUT2D eigenvalue weighted by atomic mass is 10.1. The van der Waals surface area contributed by atoms with Crippen LogP contribution in [0.4, 0.5) is 4.39 Å². The molecule has 5 heteroatoms. The molecule has 0 fully saturated rings. The summed E-state index contributed by atoms with van der Waals surface area (Å²) < 4.78 is 14.9. The van der Waals surface area contributed by atoms with Crippen LogP contribution in [0.3, 0.4) is 0 Å². The smallest absolute Gasteiger partial charge is 0.125 e. The molecule has 0 atom stereocenters. The van der Waals surface area contributed by atoms with Crippen LogP contribution < -0.4 is 5.73 Å². The van der Waals surface area contributed by atoms with E-state index >= 15 is 0 Å². The van der Waals surface area contributed by atoms with Crippen LogP contribution in [0.2, 0.25) is 0 Å². The molecule has 0 aliphatic carbocycles. The summed E-state index contributed by atoms with van der Waals surface area (Å²) in [7, 11) is 0. The van der Waals surface area contributed by atoms with Gasteiger partial charge in [-0.1, -0.05) is 25.1 Å². The maximum absolute atomic E-state index is 13.2. The fourth-order valence-electron chi connectivity index (χ4n) is 1.90. The quantitative estimate of drug-likeness (QED) is 0.901. The molecule has 0 aliphatic rings. The Morgan fingerprint density at radius 3 is 2.78 bits per heavy atom. The van der Waals surface area contributed by atoms with Gasteiger partial charge in [0, 0.05) is 6.54 Å². The van der Waals surface area contributed by atoms with Gasteiger partial charge in [-0.2, -0.15) is 0 Å². The van der Waals surface area contributed by atoms with Gasteiger partial charge in [-0.05, 0) is 30.5 Å². The van der Waals surface area contributed by atoms with Crippen molar-refractivity contribution in [3.63, 3.8) is 0 Å². The zero-order valence-corrected chi connectivity index (χ0v) is 10.6. The SMILES string of the molecule is CC(C)Cc1c(CN)nnn1-c1cccc(F)c1. The fraction of sp³-hybridized carbons (Fsp3) is 0.385. The standard InChI is InChI=1S/C13H17FN4/c1-9(2)6-13-12(8-15)16-17-18(13)11-5-3-4-10(14)7-11/h3-5,7,9H,6,8,15H2,1-2H3. The average molecular weight is 248 g/mol. The summed E-state index contributed by atoms with van der Waals surface area (Å²) in [4.78, 5) is 0. The maximum Gasteiger partial charge on any atom is 0.125 e. The van der Waals surface area contributed by atoms with Crippen LogP contribution in [0.1, 0.15) is 25.2 Å². The van der Waals surface area contributed by atoms with Gasteiger partial charge >= 0.3 is 0 Å². The normalized spacial score (nSPS) is 11.2. The summed E-state index contributed by atoms with van der Waals surface area (Å²) in [6, 6.07) is 6.32. The number of nitrogens with zero attached hydrogens (tertiary/aromatic N) is 3. The van der Waals surface area contributed by atoms with Crippen molar-refractivity contribution in [1.82, 2.24) is 15.0 Å². The minimum atomic E-state index is -0.284. The number of halogens is 1. The Labute approximate surface area is 106 Å². The number of hydrogen-bond acceptors (Lipinski definition) is 3. The Morgan fingerprint density at radius 1 is 1.39 bits per heavy atom. The first-order chi connectivity index (χ1) is 8.61. The lowest BCUT2D eigenvalue weighted by molar-refractivity contribution is 0.605.